The molecule has 0 aliphatic heterocycles. The Labute approximate surface area is 123 Å². The summed E-state index contributed by atoms with van der Waals surface area (Å²) in [6.45, 7) is 4.18. The molecule has 0 spiro atoms. The van der Waals surface area contributed by atoms with Gasteiger partial charge < -0.3 is 5.73 Å². The fourth-order valence-electron chi connectivity index (χ4n) is 2.68. The molecule has 0 saturated heterocycles. The number of nitrogen functional groups attached to an aromatic ring is 1. The summed E-state index contributed by atoms with van der Waals surface area (Å²) in [5.41, 5.74) is 12.4. The van der Waals surface area contributed by atoms with E-state index in [4.69, 9.17) is 5.73 Å². The van der Waals surface area contributed by atoms with Crippen LogP contribution in [0.15, 0.2) is 30.5 Å². The van der Waals surface area contributed by atoms with Gasteiger partial charge in [-0.25, -0.2) is 0 Å². The summed E-state index contributed by atoms with van der Waals surface area (Å²) in [7, 11) is 1.93. The molecular formula is C16H19N5. The fourth-order valence-corrected chi connectivity index (χ4v) is 2.68. The summed E-state index contributed by atoms with van der Waals surface area (Å²) in [6, 6.07) is 8.19. The Hall–Kier alpha value is -2.56. The Morgan fingerprint density at radius 2 is 2.00 bits per heavy atom. The number of nitrogens with two attached hydrogens (primary N) is 1. The summed E-state index contributed by atoms with van der Waals surface area (Å²) in [5, 5.41) is 11.8. The number of nitrogens with one attached hydrogen (secondary N) is 1. The Bertz CT molecular complexity index is 782. The third-order valence-electron chi connectivity index (χ3n) is 3.72. The molecule has 0 amide bonds. The van der Waals surface area contributed by atoms with Crippen molar-refractivity contribution in [3.8, 4) is 22.4 Å². The Kier molecular flexibility index (Phi) is 3.25. The van der Waals surface area contributed by atoms with Crippen molar-refractivity contribution in [2.75, 3.05) is 5.73 Å². The number of H-pyrrole nitrogens is 1. The Morgan fingerprint density at radius 3 is 2.71 bits per heavy atom. The molecule has 0 radical (unpaired) electrons. The van der Waals surface area contributed by atoms with Gasteiger partial charge >= 0.3 is 0 Å². The molecule has 3 aromatic rings. The lowest BCUT2D eigenvalue weighted by molar-refractivity contribution is 0.746. The van der Waals surface area contributed by atoms with E-state index >= 15 is 0 Å². The van der Waals surface area contributed by atoms with E-state index in [2.05, 4.69) is 41.3 Å². The first kappa shape index (κ1) is 13.4. The second kappa shape index (κ2) is 5.09. The molecule has 0 aliphatic carbocycles. The van der Waals surface area contributed by atoms with Crippen molar-refractivity contribution in [1.82, 2.24) is 20.0 Å². The van der Waals surface area contributed by atoms with E-state index in [1.807, 2.05) is 30.1 Å². The molecular weight excluding hydrogens is 262 g/mol. The number of benzene rings is 1. The highest BCUT2D eigenvalue weighted by Crippen LogP contribution is 2.37. The molecule has 0 aliphatic rings. The molecule has 1 aromatic carbocycles. The van der Waals surface area contributed by atoms with Gasteiger partial charge in [0, 0.05) is 18.8 Å². The summed E-state index contributed by atoms with van der Waals surface area (Å²) in [4.78, 5) is 0. The number of hydrogen-bond acceptors (Lipinski definition) is 3. The molecule has 0 unspecified atom stereocenters. The van der Waals surface area contributed by atoms with Gasteiger partial charge in [-0.15, -0.1) is 0 Å². The van der Waals surface area contributed by atoms with Crippen molar-refractivity contribution in [2.45, 2.75) is 20.3 Å². The molecule has 0 bridgehead atoms. The predicted octanol–water partition coefficient (Wildman–Crippen LogP) is 2.93. The summed E-state index contributed by atoms with van der Waals surface area (Å²) >= 11 is 0. The molecule has 2 aromatic heterocycles. The van der Waals surface area contributed by atoms with Crippen LogP contribution >= 0.6 is 0 Å². The summed E-state index contributed by atoms with van der Waals surface area (Å²) in [6.07, 6.45) is 2.87. The van der Waals surface area contributed by atoms with Crippen LogP contribution in [0, 0.1) is 6.92 Å². The number of anilines is 1. The first-order valence-corrected chi connectivity index (χ1v) is 7.04. The average Bonchev–Trinajstić information content (AvgIpc) is 3.02. The van der Waals surface area contributed by atoms with Crippen LogP contribution in [0.5, 0.6) is 0 Å². The maximum absolute atomic E-state index is 6.11. The lowest BCUT2D eigenvalue weighted by atomic mass is 9.97. The minimum atomic E-state index is 0.519. The van der Waals surface area contributed by atoms with E-state index < -0.39 is 0 Å². The minimum absolute atomic E-state index is 0.519. The first-order chi connectivity index (χ1) is 10.1. The van der Waals surface area contributed by atoms with Gasteiger partial charge in [0.05, 0.1) is 17.0 Å². The molecule has 2 heterocycles. The van der Waals surface area contributed by atoms with Crippen molar-refractivity contribution in [2.24, 2.45) is 7.05 Å². The fraction of sp³-hybridized carbons (Fsp3) is 0.250. The zero-order valence-electron chi connectivity index (χ0n) is 12.5. The van der Waals surface area contributed by atoms with Gasteiger partial charge in [-0.05, 0) is 24.5 Å². The Morgan fingerprint density at radius 1 is 1.24 bits per heavy atom. The molecule has 21 heavy (non-hydrogen) atoms. The number of nitrogens with zero attached hydrogens (tertiary/aromatic N) is 3. The molecule has 0 saturated carbocycles. The molecule has 0 atom stereocenters. The van der Waals surface area contributed by atoms with Gasteiger partial charge in [0.15, 0.2) is 5.82 Å². The van der Waals surface area contributed by atoms with Crippen LogP contribution in [0.3, 0.4) is 0 Å². The van der Waals surface area contributed by atoms with Crippen molar-refractivity contribution in [3.63, 3.8) is 0 Å². The first-order valence-electron chi connectivity index (χ1n) is 7.04. The number of aromatic amines is 1. The maximum Gasteiger partial charge on any atom is 0.153 e. The van der Waals surface area contributed by atoms with Crippen LogP contribution < -0.4 is 5.73 Å². The highest BCUT2D eigenvalue weighted by atomic mass is 15.3. The number of rotatable bonds is 3. The van der Waals surface area contributed by atoms with Gasteiger partial charge in [-0.1, -0.05) is 31.2 Å². The highest BCUT2D eigenvalue weighted by Gasteiger charge is 2.19. The number of aryl methyl sites for hydroxylation is 3. The average molecular weight is 281 g/mol. The SMILES string of the molecule is CCc1nn(C)cc1-c1[nH]nc(N)c1-c1ccccc1C. The second-order valence-corrected chi connectivity index (χ2v) is 5.19. The van der Waals surface area contributed by atoms with E-state index in [1.54, 1.807) is 0 Å². The monoisotopic (exact) mass is 281 g/mol. The highest BCUT2D eigenvalue weighted by molar-refractivity contribution is 5.89. The second-order valence-electron chi connectivity index (χ2n) is 5.19. The van der Waals surface area contributed by atoms with Crippen LogP contribution in [0.1, 0.15) is 18.2 Å². The van der Waals surface area contributed by atoms with Crippen molar-refractivity contribution in [3.05, 3.63) is 41.7 Å². The molecule has 5 nitrogen and oxygen atoms in total. The maximum atomic E-state index is 6.11. The van der Waals surface area contributed by atoms with Crippen LogP contribution in [0.25, 0.3) is 22.4 Å². The van der Waals surface area contributed by atoms with Crippen molar-refractivity contribution >= 4 is 5.82 Å². The van der Waals surface area contributed by atoms with E-state index in [1.165, 1.54) is 5.56 Å². The summed E-state index contributed by atoms with van der Waals surface area (Å²) < 4.78 is 1.83. The largest absolute Gasteiger partial charge is 0.382 e. The van der Waals surface area contributed by atoms with Gasteiger partial charge in [0.25, 0.3) is 0 Å². The molecule has 0 fully saturated rings. The van der Waals surface area contributed by atoms with Gasteiger partial charge in [-0.2, -0.15) is 10.2 Å². The predicted molar refractivity (Wildman–Crippen MR) is 84.8 cm³/mol. The van der Waals surface area contributed by atoms with E-state index in [9.17, 15) is 0 Å². The smallest absolute Gasteiger partial charge is 0.153 e. The van der Waals surface area contributed by atoms with Crippen LogP contribution in [0.2, 0.25) is 0 Å². The third kappa shape index (κ3) is 2.20. The normalized spacial score (nSPS) is 11.0. The third-order valence-corrected chi connectivity index (χ3v) is 3.72. The molecule has 108 valence electrons. The lowest BCUT2D eigenvalue weighted by Crippen LogP contribution is -1.92. The van der Waals surface area contributed by atoms with E-state index in [0.717, 1.165) is 34.5 Å². The van der Waals surface area contributed by atoms with Crippen LogP contribution in [-0.2, 0) is 13.5 Å². The lowest BCUT2D eigenvalue weighted by Gasteiger charge is -2.07. The topological polar surface area (TPSA) is 72.5 Å². The zero-order chi connectivity index (χ0) is 15.0. The number of aromatic nitrogens is 4. The van der Waals surface area contributed by atoms with E-state index in [0.29, 0.717) is 5.82 Å². The molecule has 3 N–H and O–H groups in total. The quantitative estimate of drug-likeness (QED) is 0.775. The molecule has 3 rings (SSSR count). The van der Waals surface area contributed by atoms with Gasteiger partial charge in [0.1, 0.15) is 0 Å². The van der Waals surface area contributed by atoms with Crippen molar-refractivity contribution < 1.29 is 0 Å². The van der Waals surface area contributed by atoms with Crippen LogP contribution in [-0.4, -0.2) is 20.0 Å². The number of hydrogen-bond donors (Lipinski definition) is 2. The van der Waals surface area contributed by atoms with Crippen LogP contribution in [0.4, 0.5) is 5.82 Å². The van der Waals surface area contributed by atoms with Crippen molar-refractivity contribution in [1.29, 1.82) is 0 Å². The Balaban J connectivity index is 2.25. The molecule has 5 heteroatoms. The van der Waals surface area contributed by atoms with Gasteiger partial charge in [-0.3, -0.25) is 9.78 Å². The zero-order valence-corrected chi connectivity index (χ0v) is 12.5. The summed E-state index contributed by atoms with van der Waals surface area (Å²) in [5.74, 6) is 0.519. The van der Waals surface area contributed by atoms with Gasteiger partial charge in [0.2, 0.25) is 0 Å². The van der Waals surface area contributed by atoms with E-state index in [-0.39, 0.29) is 0 Å². The standard InChI is InChI=1S/C16H19N5/c1-4-13-12(9-21(3)20-13)15-14(16(17)19-18-15)11-8-6-5-7-10(11)2/h5-9H,4H2,1-3H3,(H3,17,18,19). The minimum Gasteiger partial charge on any atom is -0.382 e.